The number of urea groups is 1. The maximum absolute atomic E-state index is 10.9. The highest BCUT2D eigenvalue weighted by molar-refractivity contribution is 5.72. The summed E-state index contributed by atoms with van der Waals surface area (Å²) in [6.45, 7) is 3.98. The molecule has 1 saturated heterocycles. The lowest BCUT2D eigenvalue weighted by Crippen LogP contribution is -2.50. The molecular formula is C8H16N2O2. The van der Waals surface area contributed by atoms with Gasteiger partial charge in [0, 0.05) is 6.54 Å². The van der Waals surface area contributed by atoms with Crippen molar-refractivity contribution in [3.05, 3.63) is 0 Å². The van der Waals surface area contributed by atoms with Crippen LogP contribution >= 0.6 is 0 Å². The lowest BCUT2D eigenvalue weighted by Gasteiger charge is -2.34. The van der Waals surface area contributed by atoms with Crippen LogP contribution in [0, 0.1) is 0 Å². The zero-order valence-corrected chi connectivity index (χ0v) is 7.45. The van der Waals surface area contributed by atoms with Gasteiger partial charge in [-0.05, 0) is 6.42 Å². The van der Waals surface area contributed by atoms with Gasteiger partial charge in [0.25, 0.3) is 0 Å². The van der Waals surface area contributed by atoms with Gasteiger partial charge in [-0.3, -0.25) is 0 Å². The molecule has 1 unspecified atom stereocenters. The van der Waals surface area contributed by atoms with E-state index in [-0.39, 0.29) is 12.1 Å². The molecule has 0 saturated carbocycles. The van der Waals surface area contributed by atoms with Crippen molar-refractivity contribution in [3.63, 3.8) is 0 Å². The predicted octanol–water partition coefficient (Wildman–Crippen LogP) is 0.566. The fraction of sp³-hybridized carbons (Fsp3) is 0.875. The number of nitrogens with two attached hydrogens (primary N) is 1. The summed E-state index contributed by atoms with van der Waals surface area (Å²) in [6.07, 6.45) is 2.03. The van der Waals surface area contributed by atoms with Crippen LogP contribution in [0.25, 0.3) is 0 Å². The van der Waals surface area contributed by atoms with Crippen LogP contribution in [0.2, 0.25) is 0 Å². The quantitative estimate of drug-likeness (QED) is 0.662. The minimum atomic E-state index is -0.322. The van der Waals surface area contributed by atoms with Crippen LogP contribution in [-0.2, 0) is 4.74 Å². The van der Waals surface area contributed by atoms with Gasteiger partial charge < -0.3 is 15.4 Å². The molecule has 12 heavy (non-hydrogen) atoms. The van der Waals surface area contributed by atoms with Crippen molar-refractivity contribution in [3.8, 4) is 0 Å². The number of morpholine rings is 1. The number of hydrogen-bond acceptors (Lipinski definition) is 2. The van der Waals surface area contributed by atoms with Crippen LogP contribution in [0.1, 0.15) is 19.8 Å². The Kier molecular flexibility index (Phi) is 3.34. The van der Waals surface area contributed by atoms with E-state index >= 15 is 0 Å². The maximum atomic E-state index is 10.9. The summed E-state index contributed by atoms with van der Waals surface area (Å²) in [4.78, 5) is 12.6. The topological polar surface area (TPSA) is 55.6 Å². The third kappa shape index (κ3) is 2.11. The number of amides is 2. The third-order valence-corrected chi connectivity index (χ3v) is 2.13. The first-order chi connectivity index (χ1) is 5.75. The summed E-state index contributed by atoms with van der Waals surface area (Å²) in [5.41, 5.74) is 5.22. The first-order valence-electron chi connectivity index (χ1n) is 4.39. The minimum Gasteiger partial charge on any atom is -0.377 e. The molecule has 70 valence electrons. The Labute approximate surface area is 72.7 Å². The van der Waals surface area contributed by atoms with Gasteiger partial charge in [0.15, 0.2) is 0 Å². The van der Waals surface area contributed by atoms with Crippen LogP contribution < -0.4 is 5.73 Å². The molecule has 1 heterocycles. The van der Waals surface area contributed by atoms with E-state index in [9.17, 15) is 4.79 Å². The molecule has 4 nitrogen and oxygen atoms in total. The molecule has 2 amide bonds. The number of hydrogen-bond donors (Lipinski definition) is 1. The smallest absolute Gasteiger partial charge is 0.315 e. The average molecular weight is 172 g/mol. The van der Waals surface area contributed by atoms with Crippen LogP contribution in [0.3, 0.4) is 0 Å². The van der Waals surface area contributed by atoms with Gasteiger partial charge in [0.05, 0.1) is 19.3 Å². The molecule has 4 heteroatoms. The van der Waals surface area contributed by atoms with Gasteiger partial charge in [-0.15, -0.1) is 0 Å². The number of rotatable bonds is 2. The second-order valence-electron chi connectivity index (χ2n) is 3.05. The summed E-state index contributed by atoms with van der Waals surface area (Å²) in [5, 5.41) is 0. The fourth-order valence-electron chi connectivity index (χ4n) is 1.52. The van der Waals surface area contributed by atoms with Crippen LogP contribution in [-0.4, -0.2) is 36.7 Å². The van der Waals surface area contributed by atoms with E-state index in [1.807, 2.05) is 0 Å². The highest BCUT2D eigenvalue weighted by Crippen LogP contribution is 2.11. The van der Waals surface area contributed by atoms with Gasteiger partial charge in [-0.25, -0.2) is 4.79 Å². The molecule has 1 rings (SSSR count). The van der Waals surface area contributed by atoms with Crippen molar-refractivity contribution >= 4 is 6.03 Å². The summed E-state index contributed by atoms with van der Waals surface area (Å²) < 4.78 is 5.27. The Morgan fingerprint density at radius 1 is 1.75 bits per heavy atom. The normalized spacial score (nSPS) is 24.1. The van der Waals surface area contributed by atoms with Crippen LogP contribution in [0.4, 0.5) is 4.79 Å². The Morgan fingerprint density at radius 2 is 2.50 bits per heavy atom. The number of primary amides is 1. The van der Waals surface area contributed by atoms with E-state index in [2.05, 4.69) is 6.92 Å². The van der Waals surface area contributed by atoms with Crippen molar-refractivity contribution in [2.45, 2.75) is 25.8 Å². The fourth-order valence-corrected chi connectivity index (χ4v) is 1.52. The molecule has 1 fully saturated rings. The van der Waals surface area contributed by atoms with Crippen molar-refractivity contribution in [2.24, 2.45) is 5.73 Å². The zero-order chi connectivity index (χ0) is 8.97. The molecule has 0 aliphatic carbocycles. The Balaban J connectivity index is 2.48. The van der Waals surface area contributed by atoms with Crippen molar-refractivity contribution < 1.29 is 9.53 Å². The number of carbonyl (C=O) groups excluding carboxylic acids is 1. The first-order valence-corrected chi connectivity index (χ1v) is 4.39. The van der Waals surface area contributed by atoms with Gasteiger partial charge in [-0.2, -0.15) is 0 Å². The molecule has 0 spiro atoms. The molecule has 1 atom stereocenters. The average Bonchev–Trinajstić information content (AvgIpc) is 2.05. The number of carbonyl (C=O) groups is 1. The summed E-state index contributed by atoms with van der Waals surface area (Å²) in [7, 11) is 0. The zero-order valence-electron chi connectivity index (χ0n) is 7.45. The van der Waals surface area contributed by atoms with Crippen molar-refractivity contribution in [1.82, 2.24) is 4.90 Å². The van der Waals surface area contributed by atoms with Crippen molar-refractivity contribution in [2.75, 3.05) is 19.8 Å². The second-order valence-corrected chi connectivity index (χ2v) is 3.05. The van der Waals surface area contributed by atoms with Gasteiger partial charge in [0.1, 0.15) is 0 Å². The Hall–Kier alpha value is -0.770. The van der Waals surface area contributed by atoms with Crippen LogP contribution in [0.15, 0.2) is 0 Å². The Bertz CT molecular complexity index is 159. The lowest BCUT2D eigenvalue weighted by atomic mass is 10.1. The third-order valence-electron chi connectivity index (χ3n) is 2.13. The molecular weight excluding hydrogens is 156 g/mol. The van der Waals surface area contributed by atoms with Gasteiger partial charge in [-0.1, -0.05) is 13.3 Å². The standard InChI is InChI=1S/C8H16N2O2/c1-2-3-7-6-12-5-4-10(7)8(9)11/h7H,2-6H2,1H3,(H2,9,11). The van der Waals surface area contributed by atoms with Gasteiger partial charge in [0.2, 0.25) is 0 Å². The SMILES string of the molecule is CCCC1COCCN1C(N)=O. The first kappa shape index (κ1) is 9.32. The van der Waals surface area contributed by atoms with E-state index in [0.717, 1.165) is 12.8 Å². The monoisotopic (exact) mass is 172 g/mol. The number of nitrogens with zero attached hydrogens (tertiary/aromatic N) is 1. The molecule has 0 radical (unpaired) electrons. The largest absolute Gasteiger partial charge is 0.377 e. The van der Waals surface area contributed by atoms with E-state index < -0.39 is 0 Å². The molecule has 1 aliphatic rings. The number of ether oxygens (including phenoxy) is 1. The van der Waals surface area contributed by atoms with E-state index in [1.54, 1.807) is 4.90 Å². The Morgan fingerprint density at radius 3 is 3.08 bits per heavy atom. The second kappa shape index (κ2) is 4.30. The molecule has 0 aromatic rings. The highest BCUT2D eigenvalue weighted by atomic mass is 16.5. The molecule has 2 N–H and O–H groups in total. The van der Waals surface area contributed by atoms with Gasteiger partial charge >= 0.3 is 6.03 Å². The molecule has 1 aliphatic heterocycles. The van der Waals surface area contributed by atoms with E-state index in [4.69, 9.17) is 10.5 Å². The maximum Gasteiger partial charge on any atom is 0.315 e. The van der Waals surface area contributed by atoms with E-state index in [0.29, 0.717) is 19.8 Å². The summed E-state index contributed by atoms with van der Waals surface area (Å²) in [5.74, 6) is 0. The molecule has 0 aromatic heterocycles. The molecule has 0 aromatic carbocycles. The molecule has 0 bridgehead atoms. The predicted molar refractivity (Wildman–Crippen MR) is 45.8 cm³/mol. The highest BCUT2D eigenvalue weighted by Gasteiger charge is 2.24. The lowest BCUT2D eigenvalue weighted by molar-refractivity contribution is 0.0114. The van der Waals surface area contributed by atoms with Crippen LogP contribution in [0.5, 0.6) is 0 Å². The summed E-state index contributed by atoms with van der Waals surface area (Å²) in [6, 6.07) is -0.127. The van der Waals surface area contributed by atoms with Crippen molar-refractivity contribution in [1.29, 1.82) is 0 Å². The summed E-state index contributed by atoms with van der Waals surface area (Å²) >= 11 is 0. The van der Waals surface area contributed by atoms with E-state index in [1.165, 1.54) is 0 Å². The minimum absolute atomic E-state index is 0.196.